The Hall–Kier alpha value is -1.51. The minimum atomic E-state index is -3.82. The number of nitro benzene ring substituents is 1. The first-order chi connectivity index (χ1) is 9.27. The highest BCUT2D eigenvalue weighted by Crippen LogP contribution is 2.21. The Bertz CT molecular complexity index is 586. The Morgan fingerprint density at radius 1 is 1.45 bits per heavy atom. The maximum Gasteiger partial charge on any atom is 0.270 e. The topological polar surface area (TPSA) is 110 Å². The van der Waals surface area contributed by atoms with Gasteiger partial charge in [0.15, 0.2) is 0 Å². The van der Waals surface area contributed by atoms with Crippen LogP contribution in [0.3, 0.4) is 0 Å². The maximum absolute atomic E-state index is 12.1. The van der Waals surface area contributed by atoms with E-state index in [0.29, 0.717) is 18.4 Å². The van der Waals surface area contributed by atoms with Gasteiger partial charge in [-0.2, -0.15) is 0 Å². The molecule has 1 atom stereocenters. The van der Waals surface area contributed by atoms with Crippen molar-refractivity contribution in [3.8, 4) is 0 Å². The van der Waals surface area contributed by atoms with Gasteiger partial charge in [-0.05, 0) is 25.3 Å². The molecule has 2 N–H and O–H groups in total. The van der Waals surface area contributed by atoms with Crippen LogP contribution >= 0.6 is 0 Å². The van der Waals surface area contributed by atoms with Crippen LogP contribution in [0.5, 0.6) is 0 Å². The average Bonchev–Trinajstić information content (AvgIpc) is 2.38. The quantitative estimate of drug-likeness (QED) is 0.583. The van der Waals surface area contributed by atoms with Crippen LogP contribution in [0.4, 0.5) is 5.69 Å². The first kappa shape index (κ1) is 16.5. The van der Waals surface area contributed by atoms with Crippen LogP contribution in [0.25, 0.3) is 0 Å². The largest absolute Gasteiger partial charge is 0.393 e. The van der Waals surface area contributed by atoms with E-state index in [-0.39, 0.29) is 17.1 Å². The molecule has 1 rings (SSSR count). The Kier molecular flexibility index (Phi) is 5.61. The molecule has 0 spiro atoms. The highest BCUT2D eigenvalue weighted by Gasteiger charge is 2.20. The molecule has 1 unspecified atom stereocenters. The summed E-state index contributed by atoms with van der Waals surface area (Å²) < 4.78 is 26.5. The lowest BCUT2D eigenvalue weighted by Crippen LogP contribution is -2.27. The van der Waals surface area contributed by atoms with Crippen molar-refractivity contribution in [1.82, 2.24) is 4.72 Å². The first-order valence-electron chi connectivity index (χ1n) is 6.20. The van der Waals surface area contributed by atoms with Crippen LogP contribution in [0, 0.1) is 17.0 Å². The van der Waals surface area contributed by atoms with E-state index >= 15 is 0 Å². The molecule has 0 radical (unpaired) electrons. The molecule has 0 aromatic heterocycles. The van der Waals surface area contributed by atoms with Gasteiger partial charge < -0.3 is 5.11 Å². The Balaban J connectivity index is 2.92. The fourth-order valence-corrected chi connectivity index (χ4v) is 2.94. The zero-order valence-electron chi connectivity index (χ0n) is 11.4. The summed E-state index contributed by atoms with van der Waals surface area (Å²) in [6.45, 7) is 3.45. The fourth-order valence-electron chi connectivity index (χ4n) is 1.63. The molecule has 20 heavy (non-hydrogen) atoms. The summed E-state index contributed by atoms with van der Waals surface area (Å²) in [5, 5.41) is 20.1. The molecular formula is C12H18N2O5S. The number of aliphatic hydroxyl groups is 1. The van der Waals surface area contributed by atoms with Crippen LogP contribution in [0.15, 0.2) is 23.1 Å². The molecule has 1 aromatic rings. The van der Waals surface area contributed by atoms with E-state index in [0.717, 1.165) is 6.07 Å². The van der Waals surface area contributed by atoms with Gasteiger partial charge in [-0.25, -0.2) is 13.1 Å². The lowest BCUT2D eigenvalue weighted by molar-refractivity contribution is -0.385. The molecule has 0 aliphatic heterocycles. The van der Waals surface area contributed by atoms with Crippen molar-refractivity contribution in [2.24, 2.45) is 0 Å². The number of nitrogens with zero attached hydrogens (tertiary/aromatic N) is 1. The second-order valence-corrected chi connectivity index (χ2v) is 6.19. The number of nitrogens with one attached hydrogen (secondary N) is 1. The summed E-state index contributed by atoms with van der Waals surface area (Å²) in [6, 6.07) is 3.69. The number of nitro groups is 1. The number of aryl methyl sites for hydroxylation is 1. The lowest BCUT2D eigenvalue weighted by atomic mass is 10.2. The van der Waals surface area contributed by atoms with Crippen molar-refractivity contribution < 1.29 is 18.4 Å². The smallest absolute Gasteiger partial charge is 0.270 e. The minimum absolute atomic E-state index is 0.0828. The van der Waals surface area contributed by atoms with Gasteiger partial charge in [0.2, 0.25) is 10.0 Å². The lowest BCUT2D eigenvalue weighted by Gasteiger charge is -2.11. The number of non-ortho nitro benzene ring substituents is 1. The van der Waals surface area contributed by atoms with Crippen LogP contribution in [0.2, 0.25) is 0 Å². The van der Waals surface area contributed by atoms with Gasteiger partial charge in [0.1, 0.15) is 0 Å². The van der Waals surface area contributed by atoms with Gasteiger partial charge in [0, 0.05) is 18.7 Å². The van der Waals surface area contributed by atoms with Crippen molar-refractivity contribution in [2.75, 3.05) is 6.54 Å². The number of benzene rings is 1. The van der Waals surface area contributed by atoms with E-state index in [1.165, 1.54) is 12.1 Å². The number of hydrogen-bond acceptors (Lipinski definition) is 5. The first-order valence-corrected chi connectivity index (χ1v) is 7.69. The molecule has 8 heteroatoms. The van der Waals surface area contributed by atoms with Crippen molar-refractivity contribution in [3.63, 3.8) is 0 Å². The summed E-state index contributed by atoms with van der Waals surface area (Å²) in [7, 11) is -3.82. The van der Waals surface area contributed by atoms with Gasteiger partial charge in [-0.3, -0.25) is 10.1 Å². The molecule has 0 saturated carbocycles. The molecule has 1 aromatic carbocycles. The third-order valence-corrected chi connectivity index (χ3v) is 4.52. The van der Waals surface area contributed by atoms with E-state index in [9.17, 15) is 23.6 Å². The van der Waals surface area contributed by atoms with E-state index < -0.39 is 21.1 Å². The van der Waals surface area contributed by atoms with E-state index in [2.05, 4.69) is 4.72 Å². The molecule has 112 valence electrons. The van der Waals surface area contributed by atoms with Gasteiger partial charge in [-0.1, -0.05) is 13.0 Å². The highest BCUT2D eigenvalue weighted by molar-refractivity contribution is 7.89. The van der Waals surface area contributed by atoms with E-state index in [1.54, 1.807) is 13.8 Å². The van der Waals surface area contributed by atoms with Crippen molar-refractivity contribution in [2.45, 2.75) is 37.7 Å². The van der Waals surface area contributed by atoms with E-state index in [4.69, 9.17) is 0 Å². The minimum Gasteiger partial charge on any atom is -0.393 e. The highest BCUT2D eigenvalue weighted by atomic mass is 32.2. The number of sulfonamides is 1. The van der Waals surface area contributed by atoms with Gasteiger partial charge >= 0.3 is 0 Å². The van der Waals surface area contributed by atoms with Gasteiger partial charge in [-0.15, -0.1) is 0 Å². The Morgan fingerprint density at radius 2 is 2.10 bits per heavy atom. The van der Waals surface area contributed by atoms with Crippen LogP contribution in [-0.2, 0) is 10.0 Å². The molecule has 0 aliphatic carbocycles. The predicted molar refractivity (Wildman–Crippen MR) is 73.9 cm³/mol. The Labute approximate surface area is 117 Å². The van der Waals surface area contributed by atoms with Gasteiger partial charge in [0.25, 0.3) is 5.69 Å². The molecule has 0 fully saturated rings. The predicted octanol–water partition coefficient (Wildman–Crippen LogP) is 1.34. The van der Waals surface area contributed by atoms with Crippen LogP contribution in [0.1, 0.15) is 25.3 Å². The molecule has 0 aliphatic rings. The second-order valence-electron chi connectivity index (χ2n) is 4.46. The van der Waals surface area contributed by atoms with Crippen molar-refractivity contribution >= 4 is 15.7 Å². The van der Waals surface area contributed by atoms with Gasteiger partial charge in [0.05, 0.1) is 15.9 Å². The SMILES string of the molecule is CCC(O)CCNS(=O)(=O)c1cc([N+](=O)[O-])ccc1C. The molecule has 0 bridgehead atoms. The zero-order chi connectivity index (χ0) is 15.3. The summed E-state index contributed by atoms with van der Waals surface area (Å²) in [4.78, 5) is 9.94. The number of rotatable bonds is 7. The molecule has 7 nitrogen and oxygen atoms in total. The van der Waals surface area contributed by atoms with Crippen LogP contribution < -0.4 is 4.72 Å². The van der Waals surface area contributed by atoms with Crippen molar-refractivity contribution in [1.29, 1.82) is 0 Å². The third-order valence-electron chi connectivity index (χ3n) is 2.91. The maximum atomic E-state index is 12.1. The fraction of sp³-hybridized carbons (Fsp3) is 0.500. The second kappa shape index (κ2) is 6.78. The monoisotopic (exact) mass is 302 g/mol. The zero-order valence-corrected chi connectivity index (χ0v) is 12.2. The summed E-state index contributed by atoms with van der Waals surface area (Å²) in [6.07, 6.45) is 0.269. The normalized spacial score (nSPS) is 13.2. The summed E-state index contributed by atoms with van der Waals surface area (Å²) in [5.74, 6) is 0. The standard InChI is InChI=1S/C12H18N2O5S/c1-3-11(15)6-7-13-20(18,19)12-8-10(14(16)17)5-4-9(12)2/h4-5,8,11,13,15H,3,6-7H2,1-2H3. The summed E-state index contributed by atoms with van der Waals surface area (Å²) in [5.41, 5.74) is 0.156. The average molecular weight is 302 g/mol. The van der Waals surface area contributed by atoms with Crippen molar-refractivity contribution in [3.05, 3.63) is 33.9 Å². The van der Waals surface area contributed by atoms with E-state index in [1.807, 2.05) is 0 Å². The molecule has 0 heterocycles. The molecular weight excluding hydrogens is 284 g/mol. The van der Waals surface area contributed by atoms with Crippen LogP contribution in [-0.4, -0.2) is 31.1 Å². The summed E-state index contributed by atoms with van der Waals surface area (Å²) >= 11 is 0. The Morgan fingerprint density at radius 3 is 2.65 bits per heavy atom. The number of aliphatic hydroxyl groups excluding tert-OH is 1. The number of hydrogen-bond donors (Lipinski definition) is 2. The molecule has 0 saturated heterocycles. The third kappa shape index (κ3) is 4.26. The molecule has 0 amide bonds.